The molecule has 0 unspecified atom stereocenters. The number of rotatable bonds is 7. The summed E-state index contributed by atoms with van der Waals surface area (Å²) in [6.07, 6.45) is 1.88. The van der Waals surface area contributed by atoms with Crippen molar-refractivity contribution in [2.24, 2.45) is 0 Å². The van der Waals surface area contributed by atoms with Gasteiger partial charge in [-0.2, -0.15) is 4.98 Å². The number of benzene rings is 1. The van der Waals surface area contributed by atoms with Crippen LogP contribution in [0.5, 0.6) is 0 Å². The number of halogens is 1. The number of hydrogen-bond acceptors (Lipinski definition) is 9. The van der Waals surface area contributed by atoms with Gasteiger partial charge < -0.3 is 29.9 Å². The predicted molar refractivity (Wildman–Crippen MR) is 155 cm³/mol. The lowest BCUT2D eigenvalue weighted by molar-refractivity contribution is -0.0252. The minimum atomic E-state index is -1.44. The van der Waals surface area contributed by atoms with E-state index in [-0.39, 0.29) is 24.1 Å². The minimum absolute atomic E-state index is 0.276. The molecule has 0 bridgehead atoms. The van der Waals surface area contributed by atoms with Gasteiger partial charge in [0.15, 0.2) is 5.67 Å². The number of alkyl halides is 1. The Bertz CT molecular complexity index is 1350. The van der Waals surface area contributed by atoms with Gasteiger partial charge >= 0.3 is 0 Å². The number of ether oxygens (including phenoxy) is 2. The maximum absolute atomic E-state index is 15.3. The molecule has 0 aliphatic carbocycles. The SMILES string of the molecule is CC(C)(C)OC[C@]1(C)CN(c2cccc(C3(F)CNC3)n2)c2nc(Nc3ccc(N4CCOCC4)cc3)ncc21. The van der Waals surface area contributed by atoms with E-state index < -0.39 is 5.67 Å². The first-order chi connectivity index (χ1) is 19.1. The van der Waals surface area contributed by atoms with Crippen LogP contribution in [0.3, 0.4) is 0 Å². The molecule has 5 heterocycles. The zero-order valence-electron chi connectivity index (χ0n) is 23.7. The van der Waals surface area contributed by atoms with Crippen LogP contribution in [0.25, 0.3) is 0 Å². The van der Waals surface area contributed by atoms with Gasteiger partial charge in [-0.3, -0.25) is 0 Å². The van der Waals surface area contributed by atoms with E-state index in [4.69, 9.17) is 19.4 Å². The molecule has 1 atom stereocenters. The smallest absolute Gasteiger partial charge is 0.229 e. The largest absolute Gasteiger partial charge is 0.378 e. The molecule has 0 radical (unpaired) electrons. The Morgan fingerprint density at radius 2 is 1.82 bits per heavy atom. The summed E-state index contributed by atoms with van der Waals surface area (Å²) in [4.78, 5) is 18.8. The van der Waals surface area contributed by atoms with Crippen molar-refractivity contribution >= 4 is 29.0 Å². The standard InChI is InChI=1S/C30H38FN7O2/c1-28(2,3)40-20-29(4)19-38(25-7-5-6-24(35-25)30(31)17-32-18-30)26-23(29)16-33-27(36-26)34-21-8-10-22(11-9-21)37-12-14-39-15-13-37/h5-11,16,32H,12-15,17-20H2,1-4H3,(H,33,34,36)/t29-/m0/s1. The van der Waals surface area contributed by atoms with Crippen LogP contribution < -0.4 is 20.4 Å². The first-order valence-corrected chi connectivity index (χ1v) is 14.0. The molecule has 3 aliphatic heterocycles. The summed E-state index contributed by atoms with van der Waals surface area (Å²) in [6.45, 7) is 13.2. The third-order valence-corrected chi connectivity index (χ3v) is 7.79. The summed E-state index contributed by atoms with van der Waals surface area (Å²) >= 11 is 0. The molecule has 9 nitrogen and oxygen atoms in total. The van der Waals surface area contributed by atoms with E-state index in [1.807, 2.05) is 30.5 Å². The molecule has 212 valence electrons. The summed E-state index contributed by atoms with van der Waals surface area (Å²) in [7, 11) is 0. The van der Waals surface area contributed by atoms with Gasteiger partial charge in [0.25, 0.3) is 0 Å². The highest BCUT2D eigenvalue weighted by Gasteiger charge is 2.44. The van der Waals surface area contributed by atoms with Crippen LogP contribution in [0, 0.1) is 0 Å². The van der Waals surface area contributed by atoms with Gasteiger partial charge in [-0.15, -0.1) is 0 Å². The molecule has 6 rings (SSSR count). The van der Waals surface area contributed by atoms with Crippen LogP contribution in [0.15, 0.2) is 48.7 Å². The molecule has 2 fully saturated rings. The number of nitrogens with zero attached hydrogens (tertiary/aromatic N) is 5. The molecule has 10 heteroatoms. The van der Waals surface area contributed by atoms with Crippen molar-refractivity contribution in [3.8, 4) is 0 Å². The number of nitrogens with one attached hydrogen (secondary N) is 2. The molecule has 1 aromatic carbocycles. The molecule has 3 aliphatic rings. The molecular weight excluding hydrogens is 509 g/mol. The number of hydrogen-bond donors (Lipinski definition) is 2. The summed E-state index contributed by atoms with van der Waals surface area (Å²) in [6, 6.07) is 13.8. The van der Waals surface area contributed by atoms with Crippen LogP contribution in [-0.2, 0) is 20.6 Å². The van der Waals surface area contributed by atoms with Crippen molar-refractivity contribution in [1.82, 2.24) is 20.3 Å². The second-order valence-electron chi connectivity index (χ2n) is 12.2. The monoisotopic (exact) mass is 547 g/mol. The zero-order chi connectivity index (χ0) is 28.0. The van der Waals surface area contributed by atoms with Crippen molar-refractivity contribution in [1.29, 1.82) is 0 Å². The molecule has 2 N–H and O–H groups in total. The third kappa shape index (κ3) is 5.35. The molecule has 2 saturated heterocycles. The highest BCUT2D eigenvalue weighted by molar-refractivity contribution is 5.69. The van der Waals surface area contributed by atoms with Gasteiger partial charge in [-0.25, -0.2) is 14.4 Å². The van der Waals surface area contributed by atoms with Gasteiger partial charge in [-0.05, 0) is 57.2 Å². The summed E-state index contributed by atoms with van der Waals surface area (Å²) in [5.41, 5.74) is 1.39. The van der Waals surface area contributed by atoms with E-state index >= 15 is 4.39 Å². The number of fused-ring (bicyclic) bond motifs is 1. The van der Waals surface area contributed by atoms with E-state index in [1.54, 1.807) is 6.07 Å². The van der Waals surface area contributed by atoms with Crippen molar-refractivity contribution in [2.45, 2.75) is 44.4 Å². The molecule has 3 aromatic rings. The predicted octanol–water partition coefficient (Wildman–Crippen LogP) is 4.44. The average molecular weight is 548 g/mol. The van der Waals surface area contributed by atoms with E-state index in [0.717, 1.165) is 43.4 Å². The van der Waals surface area contributed by atoms with Gasteiger partial charge in [0, 0.05) is 61.3 Å². The first-order valence-electron chi connectivity index (χ1n) is 14.0. The lowest BCUT2D eigenvalue weighted by Crippen LogP contribution is -2.54. The Hall–Kier alpha value is -3.34. The Labute approximate surface area is 235 Å². The van der Waals surface area contributed by atoms with Gasteiger partial charge in [0.1, 0.15) is 11.6 Å². The lowest BCUT2D eigenvalue weighted by Gasteiger charge is -2.35. The number of aromatic nitrogens is 3. The fourth-order valence-corrected chi connectivity index (χ4v) is 5.32. The fraction of sp³-hybridized carbons (Fsp3) is 0.500. The zero-order valence-corrected chi connectivity index (χ0v) is 23.7. The van der Waals surface area contributed by atoms with Crippen LogP contribution in [0.1, 0.15) is 39.0 Å². The normalized spacial score (nSPS) is 22.1. The molecule has 2 aromatic heterocycles. The first kappa shape index (κ1) is 26.9. The van der Waals surface area contributed by atoms with Crippen molar-refractivity contribution in [2.75, 3.05) is 67.7 Å². The number of anilines is 5. The van der Waals surface area contributed by atoms with Gasteiger partial charge in [0.2, 0.25) is 5.95 Å². The highest BCUT2D eigenvalue weighted by atomic mass is 19.1. The molecule has 0 spiro atoms. The summed E-state index contributed by atoms with van der Waals surface area (Å²) in [5.74, 6) is 1.92. The number of morpholine rings is 1. The van der Waals surface area contributed by atoms with Crippen LogP contribution in [0.2, 0.25) is 0 Å². The highest BCUT2D eigenvalue weighted by Crippen LogP contribution is 2.44. The quantitative estimate of drug-likeness (QED) is 0.446. The fourth-order valence-electron chi connectivity index (χ4n) is 5.32. The van der Waals surface area contributed by atoms with Crippen molar-refractivity contribution < 1.29 is 13.9 Å². The maximum Gasteiger partial charge on any atom is 0.229 e. The second-order valence-corrected chi connectivity index (χ2v) is 12.2. The Morgan fingerprint density at radius 3 is 2.50 bits per heavy atom. The average Bonchev–Trinajstić information content (AvgIpc) is 3.23. The summed E-state index contributed by atoms with van der Waals surface area (Å²) < 4.78 is 27.0. The summed E-state index contributed by atoms with van der Waals surface area (Å²) in [5, 5.41) is 6.38. The Kier molecular flexibility index (Phi) is 6.88. The van der Waals surface area contributed by atoms with Crippen LogP contribution in [0.4, 0.5) is 33.3 Å². The van der Waals surface area contributed by atoms with Crippen molar-refractivity contribution in [3.05, 3.63) is 59.9 Å². The van der Waals surface area contributed by atoms with E-state index in [1.165, 1.54) is 5.69 Å². The second kappa shape index (κ2) is 10.2. The van der Waals surface area contributed by atoms with E-state index in [2.05, 4.69) is 65.2 Å². The Balaban J connectivity index is 1.29. The van der Waals surface area contributed by atoms with Crippen LogP contribution >= 0.6 is 0 Å². The number of pyridine rings is 1. The minimum Gasteiger partial charge on any atom is -0.378 e. The molecule has 0 amide bonds. The van der Waals surface area contributed by atoms with Crippen LogP contribution in [-0.4, -0.2) is 73.1 Å². The maximum atomic E-state index is 15.3. The van der Waals surface area contributed by atoms with E-state index in [9.17, 15) is 0 Å². The topological polar surface area (TPSA) is 87.7 Å². The lowest BCUT2D eigenvalue weighted by atomic mass is 9.87. The third-order valence-electron chi connectivity index (χ3n) is 7.79. The van der Waals surface area contributed by atoms with E-state index in [0.29, 0.717) is 30.6 Å². The molecule has 0 saturated carbocycles. The Morgan fingerprint density at radius 1 is 1.07 bits per heavy atom. The van der Waals surface area contributed by atoms with Crippen molar-refractivity contribution in [3.63, 3.8) is 0 Å². The molecule has 40 heavy (non-hydrogen) atoms. The van der Waals surface area contributed by atoms with Gasteiger partial charge in [-0.1, -0.05) is 13.0 Å². The van der Waals surface area contributed by atoms with Gasteiger partial charge in [0.05, 0.1) is 31.1 Å². The molecular formula is C30H38FN7O2.